The van der Waals surface area contributed by atoms with Crippen molar-refractivity contribution >= 4 is 11.8 Å². The van der Waals surface area contributed by atoms with Gasteiger partial charge in [0.25, 0.3) is 0 Å². The number of rotatable bonds is 3. The van der Waals surface area contributed by atoms with Gasteiger partial charge in [-0.05, 0) is 51.4 Å². The van der Waals surface area contributed by atoms with E-state index in [2.05, 4.69) is 28.2 Å². The fraction of sp³-hybridized carbons (Fsp3) is 1.00. The van der Waals surface area contributed by atoms with Crippen LogP contribution in [0.4, 0.5) is 0 Å². The van der Waals surface area contributed by atoms with Crippen molar-refractivity contribution in [1.82, 2.24) is 10.2 Å². The molecule has 1 aliphatic heterocycles. The van der Waals surface area contributed by atoms with Gasteiger partial charge in [0.1, 0.15) is 0 Å². The van der Waals surface area contributed by atoms with E-state index in [1.807, 2.05) is 0 Å². The molecule has 3 rings (SSSR count). The second-order valence-electron chi connectivity index (χ2n) is 6.72. The number of hydrogen-bond acceptors (Lipinski definition) is 3. The van der Waals surface area contributed by atoms with Crippen LogP contribution in [0.2, 0.25) is 0 Å². The first kappa shape index (κ1) is 13.3. The minimum atomic E-state index is 0.475. The lowest BCUT2D eigenvalue weighted by molar-refractivity contribution is 0.163. The molecule has 3 fully saturated rings. The van der Waals surface area contributed by atoms with Crippen molar-refractivity contribution < 1.29 is 0 Å². The van der Waals surface area contributed by atoms with Crippen molar-refractivity contribution in [3.63, 3.8) is 0 Å². The van der Waals surface area contributed by atoms with Crippen molar-refractivity contribution in [2.75, 3.05) is 32.4 Å². The molecule has 1 spiro atoms. The number of nitrogens with one attached hydrogen (secondary N) is 1. The van der Waals surface area contributed by atoms with Crippen molar-refractivity contribution in [3.05, 3.63) is 0 Å². The van der Waals surface area contributed by atoms with Gasteiger partial charge in [0.2, 0.25) is 0 Å². The van der Waals surface area contributed by atoms with Crippen LogP contribution >= 0.6 is 11.8 Å². The van der Waals surface area contributed by atoms with Crippen LogP contribution in [-0.2, 0) is 0 Å². The highest BCUT2D eigenvalue weighted by atomic mass is 32.2. The first-order valence-electron chi connectivity index (χ1n) is 7.79. The van der Waals surface area contributed by atoms with Crippen LogP contribution in [0.15, 0.2) is 0 Å². The van der Waals surface area contributed by atoms with E-state index in [1.54, 1.807) is 0 Å². The molecule has 0 aromatic heterocycles. The molecule has 3 heteroatoms. The highest BCUT2D eigenvalue weighted by molar-refractivity contribution is 8.00. The summed E-state index contributed by atoms with van der Waals surface area (Å²) in [6.45, 7) is 5.22. The monoisotopic (exact) mass is 268 g/mol. The Labute approximate surface area is 116 Å². The molecule has 0 amide bonds. The Balaban J connectivity index is 1.63. The summed E-state index contributed by atoms with van der Waals surface area (Å²) in [5, 5.41) is 3.90. The van der Waals surface area contributed by atoms with Gasteiger partial charge >= 0.3 is 0 Å². The van der Waals surface area contributed by atoms with E-state index < -0.39 is 0 Å². The molecule has 1 N–H and O–H groups in total. The lowest BCUT2D eigenvalue weighted by Gasteiger charge is -2.40. The van der Waals surface area contributed by atoms with E-state index in [0.717, 1.165) is 0 Å². The SMILES string of the molecule is CSC1(CN2CCCNC3(CCCCC3)C2)CC1. The fourth-order valence-corrected chi connectivity index (χ4v) is 4.71. The molecule has 104 valence electrons. The van der Waals surface area contributed by atoms with Gasteiger partial charge in [-0.1, -0.05) is 19.3 Å². The largest absolute Gasteiger partial charge is 0.310 e. The van der Waals surface area contributed by atoms with Gasteiger partial charge < -0.3 is 10.2 Å². The summed E-state index contributed by atoms with van der Waals surface area (Å²) in [7, 11) is 0. The maximum Gasteiger partial charge on any atom is 0.0308 e. The van der Waals surface area contributed by atoms with E-state index in [1.165, 1.54) is 77.5 Å². The molecule has 1 heterocycles. The first-order valence-corrected chi connectivity index (χ1v) is 9.01. The molecule has 0 aromatic rings. The molecule has 0 radical (unpaired) electrons. The third kappa shape index (κ3) is 2.88. The van der Waals surface area contributed by atoms with Crippen LogP contribution in [0.1, 0.15) is 51.4 Å². The van der Waals surface area contributed by atoms with E-state index >= 15 is 0 Å². The van der Waals surface area contributed by atoms with Gasteiger partial charge in [-0.15, -0.1) is 0 Å². The summed E-state index contributed by atoms with van der Waals surface area (Å²) in [4.78, 5) is 2.79. The maximum absolute atomic E-state index is 3.90. The molecular formula is C15H28N2S. The normalized spacial score (nSPS) is 31.2. The minimum absolute atomic E-state index is 0.475. The summed E-state index contributed by atoms with van der Waals surface area (Å²) in [6, 6.07) is 0. The third-order valence-electron chi connectivity index (χ3n) is 5.24. The fourth-order valence-electron chi connectivity index (χ4n) is 3.89. The lowest BCUT2D eigenvalue weighted by atomic mass is 9.81. The zero-order valence-corrected chi connectivity index (χ0v) is 12.7. The zero-order valence-electron chi connectivity index (χ0n) is 11.8. The second-order valence-corrected chi connectivity index (χ2v) is 7.99. The van der Waals surface area contributed by atoms with Gasteiger partial charge in [-0.3, -0.25) is 0 Å². The third-order valence-corrected chi connectivity index (χ3v) is 6.64. The van der Waals surface area contributed by atoms with E-state index in [9.17, 15) is 0 Å². The highest BCUT2D eigenvalue weighted by Gasteiger charge is 2.45. The Kier molecular flexibility index (Phi) is 3.93. The summed E-state index contributed by atoms with van der Waals surface area (Å²) in [5.41, 5.74) is 0.475. The molecule has 2 aliphatic carbocycles. The van der Waals surface area contributed by atoms with Crippen molar-refractivity contribution in [2.45, 2.75) is 61.7 Å². The summed E-state index contributed by atoms with van der Waals surface area (Å²) in [6.07, 6.45) is 13.7. The molecule has 2 nitrogen and oxygen atoms in total. The first-order chi connectivity index (χ1) is 8.76. The predicted molar refractivity (Wildman–Crippen MR) is 80.4 cm³/mol. The maximum atomic E-state index is 3.90. The van der Waals surface area contributed by atoms with Crippen molar-refractivity contribution in [3.8, 4) is 0 Å². The molecule has 3 aliphatic rings. The molecule has 0 bridgehead atoms. The Hall–Kier alpha value is 0.270. The standard InChI is InChI=1S/C15H28N2S/c1-18-15(8-9-15)13-17-11-5-10-16-14(12-17)6-3-2-4-7-14/h16H,2-13H2,1H3. The van der Waals surface area contributed by atoms with Crippen LogP contribution < -0.4 is 5.32 Å². The van der Waals surface area contributed by atoms with Gasteiger partial charge in [-0.25, -0.2) is 0 Å². The average Bonchev–Trinajstić information content (AvgIpc) is 3.17. The van der Waals surface area contributed by atoms with Gasteiger partial charge in [0, 0.05) is 23.4 Å². The average molecular weight is 268 g/mol. The molecule has 0 atom stereocenters. The summed E-state index contributed by atoms with van der Waals surface area (Å²) < 4.78 is 0.639. The van der Waals surface area contributed by atoms with Gasteiger partial charge in [-0.2, -0.15) is 11.8 Å². The Morgan fingerprint density at radius 2 is 1.83 bits per heavy atom. The molecular weight excluding hydrogens is 240 g/mol. The van der Waals surface area contributed by atoms with Gasteiger partial charge in [0.15, 0.2) is 0 Å². The van der Waals surface area contributed by atoms with Crippen LogP contribution in [-0.4, -0.2) is 47.6 Å². The van der Waals surface area contributed by atoms with Crippen molar-refractivity contribution in [2.24, 2.45) is 0 Å². The van der Waals surface area contributed by atoms with Crippen LogP contribution in [0.25, 0.3) is 0 Å². The minimum Gasteiger partial charge on any atom is -0.310 e. The summed E-state index contributed by atoms with van der Waals surface area (Å²) >= 11 is 2.11. The van der Waals surface area contributed by atoms with Crippen LogP contribution in [0.5, 0.6) is 0 Å². The smallest absolute Gasteiger partial charge is 0.0308 e. The topological polar surface area (TPSA) is 15.3 Å². The van der Waals surface area contributed by atoms with Crippen LogP contribution in [0.3, 0.4) is 0 Å². The lowest BCUT2D eigenvalue weighted by Crippen LogP contribution is -2.53. The molecule has 2 saturated carbocycles. The van der Waals surface area contributed by atoms with E-state index in [0.29, 0.717) is 10.3 Å². The van der Waals surface area contributed by atoms with Gasteiger partial charge in [0.05, 0.1) is 0 Å². The number of hydrogen-bond donors (Lipinski definition) is 1. The Morgan fingerprint density at radius 1 is 1.06 bits per heavy atom. The quantitative estimate of drug-likeness (QED) is 0.847. The molecule has 0 unspecified atom stereocenters. The van der Waals surface area contributed by atoms with Crippen molar-refractivity contribution in [1.29, 1.82) is 0 Å². The predicted octanol–water partition coefficient (Wildman–Crippen LogP) is 2.88. The second kappa shape index (κ2) is 5.34. The highest BCUT2D eigenvalue weighted by Crippen LogP contribution is 2.48. The van der Waals surface area contributed by atoms with Crippen LogP contribution in [0, 0.1) is 0 Å². The molecule has 1 saturated heterocycles. The molecule has 18 heavy (non-hydrogen) atoms. The van der Waals surface area contributed by atoms with E-state index in [4.69, 9.17) is 0 Å². The molecule has 0 aromatic carbocycles. The van der Waals surface area contributed by atoms with E-state index in [-0.39, 0.29) is 0 Å². The zero-order chi connectivity index (χ0) is 12.5. The number of nitrogens with zero attached hydrogens (tertiary/aromatic N) is 1. The number of thioether (sulfide) groups is 1. The summed E-state index contributed by atoms with van der Waals surface area (Å²) in [5.74, 6) is 0. The Bertz CT molecular complexity index is 282. The Morgan fingerprint density at radius 3 is 2.50 bits per heavy atom.